The second-order valence-electron chi connectivity index (χ2n) is 6.51. The molecule has 25 heavy (non-hydrogen) atoms. The van der Waals surface area contributed by atoms with Crippen LogP contribution in [0.4, 0.5) is 0 Å². The van der Waals surface area contributed by atoms with Crippen LogP contribution in [0, 0.1) is 6.92 Å². The SMILES string of the molecule is COc1ccc(C)cc1CC(=O)N1CCN(Cc2cccnc2)CC1. The first kappa shape index (κ1) is 17.4. The number of carbonyl (C=O) groups excluding carboxylic acids is 1. The molecule has 1 amide bonds. The molecule has 1 aromatic carbocycles. The van der Waals surface area contributed by atoms with Gasteiger partial charge in [-0.3, -0.25) is 14.7 Å². The fraction of sp³-hybridized carbons (Fsp3) is 0.400. The van der Waals surface area contributed by atoms with Crippen LogP contribution in [0.5, 0.6) is 5.75 Å². The van der Waals surface area contributed by atoms with Crippen LogP contribution in [-0.4, -0.2) is 54.0 Å². The molecule has 5 nitrogen and oxygen atoms in total. The minimum absolute atomic E-state index is 0.171. The molecule has 0 atom stereocenters. The highest BCUT2D eigenvalue weighted by Crippen LogP contribution is 2.21. The summed E-state index contributed by atoms with van der Waals surface area (Å²) in [6.45, 7) is 6.25. The number of piperazine rings is 1. The summed E-state index contributed by atoms with van der Waals surface area (Å²) in [6.07, 6.45) is 4.09. The first-order valence-electron chi connectivity index (χ1n) is 8.68. The van der Waals surface area contributed by atoms with Crippen LogP contribution in [0.1, 0.15) is 16.7 Å². The van der Waals surface area contributed by atoms with E-state index < -0.39 is 0 Å². The van der Waals surface area contributed by atoms with Gasteiger partial charge in [0.25, 0.3) is 0 Å². The molecular formula is C20H25N3O2. The fourth-order valence-corrected chi connectivity index (χ4v) is 3.23. The maximum atomic E-state index is 12.7. The topological polar surface area (TPSA) is 45.7 Å². The van der Waals surface area contributed by atoms with Crippen molar-refractivity contribution in [2.24, 2.45) is 0 Å². The van der Waals surface area contributed by atoms with Crippen LogP contribution >= 0.6 is 0 Å². The van der Waals surface area contributed by atoms with Gasteiger partial charge in [0.05, 0.1) is 13.5 Å². The monoisotopic (exact) mass is 339 g/mol. The Morgan fingerprint density at radius 1 is 1.20 bits per heavy atom. The lowest BCUT2D eigenvalue weighted by Gasteiger charge is -2.34. The summed E-state index contributed by atoms with van der Waals surface area (Å²) in [5, 5.41) is 0. The predicted octanol–water partition coefficient (Wildman–Crippen LogP) is 2.29. The predicted molar refractivity (Wildman–Crippen MR) is 97.5 cm³/mol. The Bertz CT molecular complexity index is 710. The molecular weight excluding hydrogens is 314 g/mol. The molecule has 2 heterocycles. The molecule has 0 aliphatic carbocycles. The number of benzene rings is 1. The standard InChI is InChI=1S/C20H25N3O2/c1-16-5-6-19(25-2)18(12-16)13-20(24)23-10-8-22(9-11-23)15-17-4-3-7-21-14-17/h3-7,12,14H,8-11,13,15H2,1-2H3. The van der Waals surface area contributed by atoms with E-state index in [2.05, 4.69) is 16.0 Å². The van der Waals surface area contributed by atoms with Gasteiger partial charge in [-0.15, -0.1) is 0 Å². The number of aromatic nitrogens is 1. The third-order valence-corrected chi connectivity index (χ3v) is 4.63. The largest absolute Gasteiger partial charge is 0.496 e. The van der Waals surface area contributed by atoms with Gasteiger partial charge in [0.2, 0.25) is 5.91 Å². The lowest BCUT2D eigenvalue weighted by Crippen LogP contribution is -2.48. The molecule has 0 N–H and O–H groups in total. The highest BCUT2D eigenvalue weighted by Gasteiger charge is 2.22. The first-order chi connectivity index (χ1) is 12.2. The van der Waals surface area contributed by atoms with E-state index in [4.69, 9.17) is 4.74 Å². The zero-order valence-electron chi connectivity index (χ0n) is 14.9. The fourth-order valence-electron chi connectivity index (χ4n) is 3.23. The molecule has 0 saturated carbocycles. The van der Waals surface area contributed by atoms with E-state index in [-0.39, 0.29) is 5.91 Å². The zero-order valence-corrected chi connectivity index (χ0v) is 14.9. The van der Waals surface area contributed by atoms with Crippen LogP contribution in [-0.2, 0) is 17.8 Å². The minimum Gasteiger partial charge on any atom is -0.496 e. The number of ether oxygens (including phenoxy) is 1. The van der Waals surface area contributed by atoms with Gasteiger partial charge in [0, 0.05) is 50.7 Å². The van der Waals surface area contributed by atoms with E-state index in [1.807, 2.05) is 42.3 Å². The summed E-state index contributed by atoms with van der Waals surface area (Å²) in [5.41, 5.74) is 3.32. The summed E-state index contributed by atoms with van der Waals surface area (Å²) < 4.78 is 5.39. The normalized spacial score (nSPS) is 15.2. The van der Waals surface area contributed by atoms with E-state index in [9.17, 15) is 4.79 Å². The molecule has 3 rings (SSSR count). The smallest absolute Gasteiger partial charge is 0.227 e. The molecule has 1 saturated heterocycles. The number of amides is 1. The number of methoxy groups -OCH3 is 1. The second-order valence-corrected chi connectivity index (χ2v) is 6.51. The van der Waals surface area contributed by atoms with Crippen molar-refractivity contribution < 1.29 is 9.53 Å². The third kappa shape index (κ3) is 4.57. The highest BCUT2D eigenvalue weighted by atomic mass is 16.5. The summed E-state index contributed by atoms with van der Waals surface area (Å²) in [4.78, 5) is 21.1. The molecule has 0 radical (unpaired) electrons. The maximum Gasteiger partial charge on any atom is 0.227 e. The van der Waals surface area contributed by atoms with Gasteiger partial charge in [0.1, 0.15) is 5.75 Å². The molecule has 0 unspecified atom stereocenters. The Kier molecular flexibility index (Phi) is 5.66. The molecule has 5 heteroatoms. The Balaban J connectivity index is 1.54. The van der Waals surface area contributed by atoms with Crippen molar-refractivity contribution in [2.45, 2.75) is 19.9 Å². The highest BCUT2D eigenvalue weighted by molar-refractivity contribution is 5.79. The van der Waals surface area contributed by atoms with Crippen molar-refractivity contribution in [3.05, 3.63) is 59.4 Å². The van der Waals surface area contributed by atoms with Gasteiger partial charge in [-0.05, 0) is 24.6 Å². The quantitative estimate of drug-likeness (QED) is 0.838. The lowest BCUT2D eigenvalue weighted by atomic mass is 10.1. The zero-order chi connectivity index (χ0) is 17.6. The first-order valence-corrected chi connectivity index (χ1v) is 8.68. The second kappa shape index (κ2) is 8.12. The molecule has 0 bridgehead atoms. The minimum atomic E-state index is 0.171. The Morgan fingerprint density at radius 2 is 2.00 bits per heavy atom. The van der Waals surface area contributed by atoms with Crippen molar-refractivity contribution >= 4 is 5.91 Å². The van der Waals surface area contributed by atoms with Gasteiger partial charge in [0.15, 0.2) is 0 Å². The third-order valence-electron chi connectivity index (χ3n) is 4.63. The van der Waals surface area contributed by atoms with E-state index in [1.54, 1.807) is 13.3 Å². The van der Waals surface area contributed by atoms with Gasteiger partial charge in [-0.2, -0.15) is 0 Å². The molecule has 2 aromatic rings. The number of nitrogens with zero attached hydrogens (tertiary/aromatic N) is 3. The van der Waals surface area contributed by atoms with Crippen LogP contribution in [0.3, 0.4) is 0 Å². The van der Waals surface area contributed by atoms with Crippen LogP contribution in [0.15, 0.2) is 42.7 Å². The lowest BCUT2D eigenvalue weighted by molar-refractivity contribution is -0.132. The van der Waals surface area contributed by atoms with Crippen molar-refractivity contribution in [1.82, 2.24) is 14.8 Å². The molecule has 0 spiro atoms. The van der Waals surface area contributed by atoms with Gasteiger partial charge in [-0.25, -0.2) is 0 Å². The van der Waals surface area contributed by atoms with Crippen LogP contribution in [0.25, 0.3) is 0 Å². The van der Waals surface area contributed by atoms with Gasteiger partial charge < -0.3 is 9.64 Å². The summed E-state index contributed by atoms with van der Waals surface area (Å²) in [5.74, 6) is 0.957. The van der Waals surface area contributed by atoms with Crippen LogP contribution in [0.2, 0.25) is 0 Å². The summed E-state index contributed by atoms with van der Waals surface area (Å²) in [7, 11) is 1.65. The van der Waals surface area contributed by atoms with Crippen molar-refractivity contribution in [3.8, 4) is 5.75 Å². The molecule has 1 aromatic heterocycles. The van der Waals surface area contributed by atoms with E-state index in [0.29, 0.717) is 6.42 Å². The summed E-state index contributed by atoms with van der Waals surface area (Å²) in [6, 6.07) is 10.0. The Hall–Kier alpha value is -2.40. The van der Waals surface area contributed by atoms with Crippen molar-refractivity contribution in [1.29, 1.82) is 0 Å². The Labute approximate surface area is 149 Å². The average molecular weight is 339 g/mol. The maximum absolute atomic E-state index is 12.7. The molecule has 1 aliphatic heterocycles. The van der Waals surface area contributed by atoms with Crippen LogP contribution < -0.4 is 4.74 Å². The molecule has 1 aliphatic rings. The number of hydrogen-bond donors (Lipinski definition) is 0. The number of carbonyl (C=O) groups is 1. The van der Waals surface area contributed by atoms with E-state index in [0.717, 1.165) is 49.6 Å². The molecule has 1 fully saturated rings. The number of pyridine rings is 1. The summed E-state index contributed by atoms with van der Waals surface area (Å²) >= 11 is 0. The van der Waals surface area contributed by atoms with Gasteiger partial charge in [-0.1, -0.05) is 23.8 Å². The number of rotatable bonds is 5. The van der Waals surface area contributed by atoms with Crippen molar-refractivity contribution in [3.63, 3.8) is 0 Å². The average Bonchev–Trinajstić information content (AvgIpc) is 2.63. The molecule has 132 valence electrons. The van der Waals surface area contributed by atoms with Crippen molar-refractivity contribution in [2.75, 3.05) is 33.3 Å². The number of aryl methyl sites for hydroxylation is 1. The van der Waals surface area contributed by atoms with Gasteiger partial charge >= 0.3 is 0 Å². The van der Waals surface area contributed by atoms with E-state index >= 15 is 0 Å². The number of hydrogen-bond acceptors (Lipinski definition) is 4. The Morgan fingerprint density at radius 3 is 2.68 bits per heavy atom. The van der Waals surface area contributed by atoms with E-state index in [1.165, 1.54) is 5.56 Å².